The van der Waals surface area contributed by atoms with E-state index in [9.17, 15) is 4.79 Å². The van der Waals surface area contributed by atoms with Gasteiger partial charge in [-0.25, -0.2) is 4.79 Å². The zero-order chi connectivity index (χ0) is 13.9. The molecule has 0 aromatic rings. The van der Waals surface area contributed by atoms with E-state index in [1.807, 2.05) is 0 Å². The average molecular weight is 270 g/mol. The summed E-state index contributed by atoms with van der Waals surface area (Å²) in [6, 6.07) is 0. The SMILES string of the molecule is CC(C)(C)C1CCC(OC(=O)[C@H]2COCCO2)CC1. The van der Waals surface area contributed by atoms with Crippen LogP contribution < -0.4 is 0 Å². The van der Waals surface area contributed by atoms with Gasteiger partial charge in [0.15, 0.2) is 6.10 Å². The first kappa shape index (κ1) is 14.8. The zero-order valence-corrected chi connectivity index (χ0v) is 12.3. The molecule has 0 spiro atoms. The van der Waals surface area contributed by atoms with Crippen LogP contribution >= 0.6 is 0 Å². The first-order valence-corrected chi connectivity index (χ1v) is 7.36. The Morgan fingerprint density at radius 3 is 2.32 bits per heavy atom. The molecule has 1 heterocycles. The summed E-state index contributed by atoms with van der Waals surface area (Å²) < 4.78 is 16.1. The van der Waals surface area contributed by atoms with Crippen LogP contribution in [0.4, 0.5) is 0 Å². The van der Waals surface area contributed by atoms with Gasteiger partial charge in [0.2, 0.25) is 0 Å². The maximum Gasteiger partial charge on any atom is 0.337 e. The lowest BCUT2D eigenvalue weighted by Gasteiger charge is -2.37. The van der Waals surface area contributed by atoms with Gasteiger partial charge in [0.25, 0.3) is 0 Å². The van der Waals surface area contributed by atoms with Gasteiger partial charge in [-0.3, -0.25) is 0 Å². The Morgan fingerprint density at radius 1 is 1.11 bits per heavy atom. The smallest absolute Gasteiger partial charge is 0.337 e. The molecule has 1 aliphatic carbocycles. The molecule has 0 N–H and O–H groups in total. The normalized spacial score (nSPS) is 32.9. The predicted octanol–water partition coefficient (Wildman–Crippen LogP) is 2.55. The molecule has 1 saturated heterocycles. The average Bonchev–Trinajstić information content (AvgIpc) is 2.39. The number of hydrogen-bond acceptors (Lipinski definition) is 4. The highest BCUT2D eigenvalue weighted by atomic mass is 16.6. The number of rotatable bonds is 2. The maximum atomic E-state index is 11.9. The topological polar surface area (TPSA) is 44.8 Å². The van der Waals surface area contributed by atoms with Crippen molar-refractivity contribution in [3.05, 3.63) is 0 Å². The van der Waals surface area contributed by atoms with Crippen LogP contribution in [0.15, 0.2) is 0 Å². The van der Waals surface area contributed by atoms with E-state index >= 15 is 0 Å². The van der Waals surface area contributed by atoms with Gasteiger partial charge in [-0.1, -0.05) is 20.8 Å². The van der Waals surface area contributed by atoms with Crippen molar-refractivity contribution in [1.82, 2.24) is 0 Å². The minimum Gasteiger partial charge on any atom is -0.460 e. The van der Waals surface area contributed by atoms with Gasteiger partial charge in [-0.05, 0) is 37.0 Å². The van der Waals surface area contributed by atoms with E-state index in [2.05, 4.69) is 20.8 Å². The number of carbonyl (C=O) groups is 1. The monoisotopic (exact) mass is 270 g/mol. The lowest BCUT2D eigenvalue weighted by molar-refractivity contribution is -0.177. The van der Waals surface area contributed by atoms with E-state index in [4.69, 9.17) is 14.2 Å². The van der Waals surface area contributed by atoms with Crippen molar-refractivity contribution in [3.63, 3.8) is 0 Å². The van der Waals surface area contributed by atoms with E-state index < -0.39 is 6.10 Å². The van der Waals surface area contributed by atoms with Crippen LogP contribution in [0.5, 0.6) is 0 Å². The summed E-state index contributed by atoms with van der Waals surface area (Å²) in [5.74, 6) is 0.482. The van der Waals surface area contributed by atoms with Crippen molar-refractivity contribution in [3.8, 4) is 0 Å². The summed E-state index contributed by atoms with van der Waals surface area (Å²) in [4.78, 5) is 11.9. The number of carbonyl (C=O) groups excluding carboxylic acids is 1. The second-order valence-electron chi connectivity index (χ2n) is 6.71. The number of ether oxygens (including phenoxy) is 3. The van der Waals surface area contributed by atoms with Crippen molar-refractivity contribution in [1.29, 1.82) is 0 Å². The van der Waals surface area contributed by atoms with Gasteiger partial charge in [0.05, 0.1) is 19.8 Å². The van der Waals surface area contributed by atoms with Crippen LogP contribution in [0.3, 0.4) is 0 Å². The molecule has 19 heavy (non-hydrogen) atoms. The van der Waals surface area contributed by atoms with Gasteiger partial charge in [-0.2, -0.15) is 0 Å². The summed E-state index contributed by atoms with van der Waals surface area (Å²) in [7, 11) is 0. The van der Waals surface area contributed by atoms with Gasteiger partial charge in [-0.15, -0.1) is 0 Å². The molecule has 4 nitrogen and oxygen atoms in total. The molecule has 1 aliphatic heterocycles. The fraction of sp³-hybridized carbons (Fsp3) is 0.933. The largest absolute Gasteiger partial charge is 0.460 e. The molecular formula is C15H26O4. The summed E-state index contributed by atoms with van der Waals surface area (Å²) in [6.45, 7) is 8.25. The van der Waals surface area contributed by atoms with E-state index in [0.29, 0.717) is 25.2 Å². The molecule has 0 unspecified atom stereocenters. The maximum absolute atomic E-state index is 11.9. The highest BCUT2D eigenvalue weighted by Gasteiger charge is 2.33. The molecule has 2 fully saturated rings. The van der Waals surface area contributed by atoms with E-state index in [-0.39, 0.29) is 12.1 Å². The second-order valence-corrected chi connectivity index (χ2v) is 6.71. The van der Waals surface area contributed by atoms with Crippen molar-refractivity contribution >= 4 is 5.97 Å². The lowest BCUT2D eigenvalue weighted by Crippen LogP contribution is -2.39. The minimum atomic E-state index is -0.519. The van der Waals surface area contributed by atoms with Gasteiger partial charge in [0, 0.05) is 0 Å². The fourth-order valence-corrected chi connectivity index (χ4v) is 2.91. The Morgan fingerprint density at radius 2 is 1.79 bits per heavy atom. The highest BCUT2D eigenvalue weighted by molar-refractivity contribution is 5.75. The van der Waals surface area contributed by atoms with E-state index in [0.717, 1.165) is 31.6 Å². The third kappa shape index (κ3) is 4.18. The molecule has 0 aromatic carbocycles. The highest BCUT2D eigenvalue weighted by Crippen LogP contribution is 2.38. The molecule has 0 radical (unpaired) electrons. The quantitative estimate of drug-likeness (QED) is 0.723. The van der Waals surface area contributed by atoms with Crippen molar-refractivity contribution in [2.45, 2.75) is 58.7 Å². The van der Waals surface area contributed by atoms with E-state index in [1.54, 1.807) is 0 Å². The Kier molecular flexibility index (Phi) is 4.85. The molecule has 110 valence electrons. The first-order valence-electron chi connectivity index (χ1n) is 7.36. The van der Waals surface area contributed by atoms with Crippen molar-refractivity contribution in [2.24, 2.45) is 11.3 Å². The standard InChI is InChI=1S/C15H26O4/c1-15(2,3)11-4-6-12(7-5-11)19-14(16)13-10-17-8-9-18-13/h11-13H,4-10H2,1-3H3/t11?,12?,13-/m1/s1. The van der Waals surface area contributed by atoms with Crippen LogP contribution in [0, 0.1) is 11.3 Å². The Bertz CT molecular complexity index is 294. The molecular weight excluding hydrogens is 244 g/mol. The third-order valence-electron chi connectivity index (χ3n) is 4.26. The summed E-state index contributed by atoms with van der Waals surface area (Å²) >= 11 is 0. The fourth-order valence-electron chi connectivity index (χ4n) is 2.91. The predicted molar refractivity (Wildman–Crippen MR) is 71.9 cm³/mol. The van der Waals surface area contributed by atoms with E-state index in [1.165, 1.54) is 0 Å². The third-order valence-corrected chi connectivity index (χ3v) is 4.26. The van der Waals surface area contributed by atoms with Crippen LogP contribution in [-0.2, 0) is 19.0 Å². The van der Waals surface area contributed by atoms with Crippen molar-refractivity contribution in [2.75, 3.05) is 19.8 Å². The molecule has 4 heteroatoms. The first-order chi connectivity index (χ1) is 8.97. The molecule has 2 rings (SSSR count). The Balaban J connectivity index is 1.74. The van der Waals surface area contributed by atoms with Crippen LogP contribution in [0.2, 0.25) is 0 Å². The Labute approximate surface area is 115 Å². The summed E-state index contributed by atoms with van der Waals surface area (Å²) in [5.41, 5.74) is 0.356. The number of esters is 1. The minimum absolute atomic E-state index is 0.0663. The Hall–Kier alpha value is -0.610. The molecule has 2 aliphatic rings. The zero-order valence-electron chi connectivity index (χ0n) is 12.3. The molecule has 0 amide bonds. The van der Waals surface area contributed by atoms with Gasteiger partial charge in [0.1, 0.15) is 6.10 Å². The van der Waals surface area contributed by atoms with Crippen LogP contribution in [0.1, 0.15) is 46.5 Å². The van der Waals surface area contributed by atoms with Crippen molar-refractivity contribution < 1.29 is 19.0 Å². The van der Waals surface area contributed by atoms with Crippen LogP contribution in [-0.4, -0.2) is 38.0 Å². The molecule has 0 aromatic heterocycles. The van der Waals surface area contributed by atoms with Gasteiger partial charge >= 0.3 is 5.97 Å². The second kappa shape index (κ2) is 6.23. The lowest BCUT2D eigenvalue weighted by atomic mass is 9.72. The van der Waals surface area contributed by atoms with Crippen LogP contribution in [0.25, 0.3) is 0 Å². The van der Waals surface area contributed by atoms with Gasteiger partial charge < -0.3 is 14.2 Å². The molecule has 0 bridgehead atoms. The number of hydrogen-bond donors (Lipinski definition) is 0. The summed E-state index contributed by atoms with van der Waals surface area (Å²) in [5, 5.41) is 0. The molecule has 1 saturated carbocycles. The molecule has 1 atom stereocenters. The summed E-state index contributed by atoms with van der Waals surface area (Å²) in [6.07, 6.45) is 3.78.